The Morgan fingerprint density at radius 1 is 1.05 bits per heavy atom. The van der Waals surface area contributed by atoms with E-state index in [1.165, 1.54) is 12.1 Å². The zero-order chi connectivity index (χ0) is 31.3. The number of hydrogen-bond acceptors (Lipinski definition) is 4. The normalized spacial score (nSPS) is 17.2. The van der Waals surface area contributed by atoms with Crippen LogP contribution in [0.15, 0.2) is 78.9 Å². The third-order valence-corrected chi connectivity index (χ3v) is 7.03. The van der Waals surface area contributed by atoms with Crippen LogP contribution < -0.4 is 5.32 Å². The molecule has 1 aromatic heterocycles. The molecule has 0 spiro atoms. The Hall–Kier alpha value is -4.01. The minimum atomic E-state index is -2.93. The smallest absolute Gasteiger partial charge is 0.305 e. The number of amides is 1. The number of nitrogens with zero attached hydrogens (tertiary/aromatic N) is 1. The van der Waals surface area contributed by atoms with Crippen molar-refractivity contribution in [2.45, 2.75) is 70.2 Å². The molecule has 0 aliphatic heterocycles. The third-order valence-electron chi connectivity index (χ3n) is 7.03. The molecule has 0 saturated heterocycles. The first-order valence-electron chi connectivity index (χ1n) is 14.7. The van der Waals surface area contributed by atoms with E-state index in [9.17, 15) is 24.2 Å². The number of halogens is 1. The molecule has 0 bridgehead atoms. The summed E-state index contributed by atoms with van der Waals surface area (Å²) in [6, 6.07) is 15.2. The lowest BCUT2D eigenvalue weighted by Gasteiger charge is -2.20. The highest BCUT2D eigenvalue weighted by atomic mass is 19.1. The molecule has 0 saturated carbocycles. The van der Waals surface area contributed by atoms with Crippen LogP contribution >= 0.6 is 0 Å². The molecule has 3 atom stereocenters. The Labute approximate surface area is 242 Å². The van der Waals surface area contributed by atoms with Crippen LogP contribution in [0, 0.1) is 5.82 Å². The van der Waals surface area contributed by atoms with Crippen molar-refractivity contribution < 1.29 is 32.0 Å². The number of carbonyl (C=O) groups is 2. The molecule has 7 nitrogen and oxygen atoms in total. The Morgan fingerprint density at radius 3 is 2.37 bits per heavy atom. The lowest BCUT2D eigenvalue weighted by molar-refractivity contribution is -0.139. The van der Waals surface area contributed by atoms with Crippen molar-refractivity contribution in [1.29, 1.82) is 0 Å². The number of hydrogen-bond donors (Lipinski definition) is 4. The minimum absolute atomic E-state index is 0.0286. The fourth-order valence-electron chi connectivity index (χ4n) is 5.28. The van der Waals surface area contributed by atoms with Crippen LogP contribution in [0.2, 0.25) is 0 Å². The van der Waals surface area contributed by atoms with Gasteiger partial charge in [0.1, 0.15) is 5.82 Å². The SMILES string of the molecule is [2H]C([2H])(C(=O)O)[C@H](O)C[C@H](O)CCn1c(-c2ccc(F)cc2)c(-c2ccccc2)c(C(=O)NC2C=CC=CC2)c1C(C)C. The van der Waals surface area contributed by atoms with Gasteiger partial charge in [0.15, 0.2) is 0 Å². The quantitative estimate of drug-likeness (QED) is 0.227. The van der Waals surface area contributed by atoms with Crippen molar-refractivity contribution in [2.75, 3.05) is 0 Å². The average molecular weight is 563 g/mol. The largest absolute Gasteiger partial charge is 0.481 e. The second kappa shape index (κ2) is 13.6. The second-order valence-electron chi connectivity index (χ2n) is 10.4. The Bertz CT molecular complexity index is 1500. The standard InChI is InChI=1S/C33H37FN2O5/c1-21(2)31-30(33(41)35-25-11-7-4-8-12-25)29(22-9-5-3-6-10-22)32(23-13-15-24(34)16-14-23)36(31)18-17-26(37)19-27(38)20-28(39)40/h3-11,13-16,21,25-27,37-38H,12,17-20H2,1-2H3,(H,35,41)(H,39,40)/t25?,26-,27-/m1/s1/i20D2. The van der Waals surface area contributed by atoms with Gasteiger partial charge in [-0.2, -0.15) is 0 Å². The number of aliphatic hydroxyl groups is 2. The lowest BCUT2D eigenvalue weighted by atomic mass is 9.94. The van der Waals surface area contributed by atoms with E-state index >= 15 is 0 Å². The number of benzene rings is 2. The van der Waals surface area contributed by atoms with E-state index < -0.39 is 36.8 Å². The van der Waals surface area contributed by atoms with Crippen LogP contribution in [-0.2, 0) is 11.3 Å². The van der Waals surface area contributed by atoms with Gasteiger partial charge in [-0.3, -0.25) is 9.59 Å². The van der Waals surface area contributed by atoms with Crippen molar-refractivity contribution >= 4 is 11.9 Å². The van der Waals surface area contributed by atoms with Gasteiger partial charge in [-0.05, 0) is 60.6 Å². The fraction of sp³-hybridized carbons (Fsp3) is 0.333. The molecule has 0 fully saturated rings. The fourth-order valence-corrected chi connectivity index (χ4v) is 5.28. The molecule has 4 N–H and O–H groups in total. The molecule has 1 aliphatic carbocycles. The van der Waals surface area contributed by atoms with Crippen LogP contribution in [0.4, 0.5) is 4.39 Å². The van der Waals surface area contributed by atoms with Gasteiger partial charge in [-0.1, -0.05) is 68.5 Å². The summed E-state index contributed by atoms with van der Waals surface area (Å²) in [5, 5.41) is 33.3. The summed E-state index contributed by atoms with van der Waals surface area (Å²) >= 11 is 0. The molecule has 216 valence electrons. The van der Waals surface area contributed by atoms with Crippen molar-refractivity contribution in [3.8, 4) is 22.4 Å². The van der Waals surface area contributed by atoms with Gasteiger partial charge in [-0.15, -0.1) is 0 Å². The number of nitrogens with one attached hydrogen (secondary N) is 1. The van der Waals surface area contributed by atoms with E-state index in [2.05, 4.69) is 5.32 Å². The average Bonchev–Trinajstić information content (AvgIpc) is 3.33. The molecule has 8 heteroatoms. The van der Waals surface area contributed by atoms with Crippen molar-refractivity contribution in [3.63, 3.8) is 0 Å². The van der Waals surface area contributed by atoms with E-state index in [0.29, 0.717) is 34.5 Å². The van der Waals surface area contributed by atoms with Crippen molar-refractivity contribution in [1.82, 2.24) is 9.88 Å². The van der Waals surface area contributed by atoms with E-state index in [-0.39, 0.29) is 30.8 Å². The highest BCUT2D eigenvalue weighted by Crippen LogP contribution is 2.42. The zero-order valence-electron chi connectivity index (χ0n) is 25.1. The van der Waals surface area contributed by atoms with Crippen LogP contribution in [-0.4, -0.2) is 50.0 Å². The summed E-state index contributed by atoms with van der Waals surface area (Å²) in [4.78, 5) is 25.4. The maximum absolute atomic E-state index is 14.1. The first-order chi connectivity index (χ1) is 20.4. The van der Waals surface area contributed by atoms with Gasteiger partial charge in [0.25, 0.3) is 5.91 Å². The summed E-state index contributed by atoms with van der Waals surface area (Å²) in [5.74, 6) is -2.67. The number of rotatable bonds is 12. The topological polar surface area (TPSA) is 112 Å². The summed E-state index contributed by atoms with van der Waals surface area (Å²) < 4.78 is 31.2. The van der Waals surface area contributed by atoms with E-state index in [1.807, 2.05) is 73.1 Å². The maximum Gasteiger partial charge on any atom is 0.305 e. The van der Waals surface area contributed by atoms with Crippen molar-refractivity contribution in [3.05, 3.63) is 96.0 Å². The van der Waals surface area contributed by atoms with Gasteiger partial charge in [0.05, 0.1) is 35.9 Å². The predicted octanol–water partition coefficient (Wildman–Crippen LogP) is 5.68. The molecular formula is C33H37FN2O5. The van der Waals surface area contributed by atoms with Gasteiger partial charge in [0, 0.05) is 20.5 Å². The summed E-state index contributed by atoms with van der Waals surface area (Å²) in [5.41, 5.74) is 3.88. The number of aliphatic hydroxyl groups excluding tert-OH is 2. The molecular weight excluding hydrogens is 523 g/mol. The second-order valence-corrected chi connectivity index (χ2v) is 10.4. The Balaban J connectivity index is 1.85. The highest BCUT2D eigenvalue weighted by molar-refractivity contribution is 6.06. The molecule has 1 aliphatic rings. The Morgan fingerprint density at radius 2 is 1.76 bits per heavy atom. The van der Waals surface area contributed by atoms with E-state index in [1.54, 1.807) is 12.1 Å². The van der Waals surface area contributed by atoms with Crippen molar-refractivity contribution in [2.24, 2.45) is 0 Å². The van der Waals surface area contributed by atoms with Gasteiger partial charge >= 0.3 is 5.97 Å². The molecule has 4 rings (SSSR count). The molecule has 3 aromatic rings. The number of carbonyl (C=O) groups excluding carboxylic acids is 1. The van der Waals surface area contributed by atoms with Crippen LogP contribution in [0.3, 0.4) is 0 Å². The molecule has 1 unspecified atom stereocenters. The summed E-state index contributed by atoms with van der Waals surface area (Å²) in [6.07, 6.45) is 1.78. The van der Waals surface area contributed by atoms with Crippen LogP contribution in [0.5, 0.6) is 0 Å². The number of allylic oxidation sites excluding steroid dienone is 2. The van der Waals surface area contributed by atoms with Gasteiger partial charge in [0.2, 0.25) is 0 Å². The number of aromatic nitrogens is 1. The predicted molar refractivity (Wildman–Crippen MR) is 157 cm³/mol. The molecule has 2 aromatic carbocycles. The van der Waals surface area contributed by atoms with Crippen LogP contribution in [0.25, 0.3) is 22.4 Å². The number of carboxylic acids is 1. The van der Waals surface area contributed by atoms with E-state index in [4.69, 9.17) is 7.85 Å². The molecule has 1 heterocycles. The number of aliphatic carboxylic acids is 1. The van der Waals surface area contributed by atoms with Crippen LogP contribution in [0.1, 0.15) is 64.2 Å². The Kier molecular flexibility index (Phi) is 8.99. The lowest BCUT2D eigenvalue weighted by Crippen LogP contribution is -2.34. The van der Waals surface area contributed by atoms with Gasteiger partial charge < -0.3 is 25.2 Å². The number of carboxylic acid groups (broad SMARTS) is 1. The molecule has 1 amide bonds. The summed E-state index contributed by atoms with van der Waals surface area (Å²) in [7, 11) is 0. The minimum Gasteiger partial charge on any atom is -0.481 e. The first-order valence-corrected chi connectivity index (χ1v) is 13.7. The monoisotopic (exact) mass is 562 g/mol. The van der Waals surface area contributed by atoms with E-state index in [0.717, 1.165) is 5.56 Å². The zero-order valence-corrected chi connectivity index (χ0v) is 23.1. The molecule has 41 heavy (non-hydrogen) atoms. The summed E-state index contributed by atoms with van der Waals surface area (Å²) in [6.45, 7) is 4.07. The maximum atomic E-state index is 14.1. The first kappa shape index (κ1) is 27.2. The highest BCUT2D eigenvalue weighted by Gasteiger charge is 2.31. The third kappa shape index (κ3) is 7.39. The molecule has 0 radical (unpaired) electrons. The van der Waals surface area contributed by atoms with Gasteiger partial charge in [-0.25, -0.2) is 4.39 Å².